The van der Waals surface area contributed by atoms with Crippen molar-refractivity contribution in [3.63, 3.8) is 0 Å². The summed E-state index contributed by atoms with van der Waals surface area (Å²) in [5, 5.41) is 8.83. The van der Waals surface area contributed by atoms with Crippen molar-refractivity contribution in [1.29, 1.82) is 5.26 Å². The molecule has 0 radical (unpaired) electrons. The van der Waals surface area contributed by atoms with E-state index in [-0.39, 0.29) is 5.57 Å². The molecule has 0 saturated carbocycles. The highest BCUT2D eigenvalue weighted by Crippen LogP contribution is 2.37. The van der Waals surface area contributed by atoms with E-state index in [0.717, 1.165) is 0 Å². The Kier molecular flexibility index (Phi) is 5.81. The summed E-state index contributed by atoms with van der Waals surface area (Å²) in [5.41, 5.74) is 5.54. The first kappa shape index (κ1) is 15.8. The van der Waals surface area contributed by atoms with Crippen LogP contribution in [0.25, 0.3) is 6.08 Å². The Balaban J connectivity index is 3.26. The highest BCUT2D eigenvalue weighted by atomic mass is 79.9. The fourth-order valence-electron chi connectivity index (χ4n) is 1.43. The van der Waals surface area contributed by atoms with Gasteiger partial charge in [0.05, 0.1) is 11.6 Å². The van der Waals surface area contributed by atoms with Gasteiger partial charge in [-0.3, -0.25) is 4.79 Å². The molecule has 20 heavy (non-hydrogen) atoms. The second kappa shape index (κ2) is 7.36. The van der Waals surface area contributed by atoms with Crippen LogP contribution >= 0.6 is 15.9 Å². The molecule has 1 rings (SSSR count). The first-order valence-electron chi connectivity index (χ1n) is 5.56. The second-order valence-corrected chi connectivity index (χ2v) is 4.52. The standard InChI is InChI=1S/C14H13BrN2O3/c1-3-4-20-13-11(15)6-9(7-12(13)19-2)5-10(8-16)14(17)18/h3,5-7H,1,4H2,2H3,(H2,17,18)/b10-5+. The summed E-state index contributed by atoms with van der Waals surface area (Å²) >= 11 is 3.35. The van der Waals surface area contributed by atoms with Gasteiger partial charge in [-0.15, -0.1) is 0 Å². The molecule has 0 atom stereocenters. The third-order valence-electron chi connectivity index (χ3n) is 2.29. The topological polar surface area (TPSA) is 85.3 Å². The van der Waals surface area contributed by atoms with Crippen LogP contribution in [-0.4, -0.2) is 19.6 Å². The molecule has 5 nitrogen and oxygen atoms in total. The van der Waals surface area contributed by atoms with Crippen molar-refractivity contribution in [3.05, 3.63) is 40.4 Å². The Morgan fingerprint density at radius 3 is 2.80 bits per heavy atom. The van der Waals surface area contributed by atoms with Crippen LogP contribution in [-0.2, 0) is 4.79 Å². The van der Waals surface area contributed by atoms with Crippen LogP contribution in [0, 0.1) is 11.3 Å². The average molecular weight is 337 g/mol. The molecule has 0 aliphatic rings. The van der Waals surface area contributed by atoms with E-state index >= 15 is 0 Å². The molecular formula is C14H13BrN2O3. The molecule has 1 aromatic rings. The number of carbonyl (C=O) groups is 1. The Hall–Kier alpha value is -2.26. The van der Waals surface area contributed by atoms with Crippen LogP contribution in [0.4, 0.5) is 0 Å². The van der Waals surface area contributed by atoms with Gasteiger partial charge in [-0.25, -0.2) is 0 Å². The zero-order valence-electron chi connectivity index (χ0n) is 10.9. The molecule has 0 heterocycles. The fraction of sp³-hybridized carbons (Fsp3) is 0.143. The predicted molar refractivity (Wildman–Crippen MR) is 79.2 cm³/mol. The van der Waals surface area contributed by atoms with Crippen LogP contribution in [0.1, 0.15) is 5.56 Å². The third-order valence-corrected chi connectivity index (χ3v) is 2.88. The smallest absolute Gasteiger partial charge is 0.259 e. The van der Waals surface area contributed by atoms with Crippen LogP contribution in [0.15, 0.2) is 34.8 Å². The van der Waals surface area contributed by atoms with Crippen molar-refractivity contribution >= 4 is 27.9 Å². The molecule has 1 amide bonds. The van der Waals surface area contributed by atoms with E-state index in [1.165, 1.54) is 13.2 Å². The number of benzene rings is 1. The molecule has 0 aromatic heterocycles. The number of ether oxygens (including phenoxy) is 2. The largest absolute Gasteiger partial charge is 0.493 e. The SMILES string of the molecule is C=CCOc1c(Br)cc(/C=C(\C#N)C(N)=O)cc1OC. The first-order chi connectivity index (χ1) is 9.53. The van der Waals surface area contributed by atoms with Gasteiger partial charge in [-0.2, -0.15) is 5.26 Å². The maximum absolute atomic E-state index is 11.0. The molecule has 0 bridgehead atoms. The van der Waals surface area contributed by atoms with Gasteiger partial charge in [-0.05, 0) is 39.7 Å². The lowest BCUT2D eigenvalue weighted by molar-refractivity contribution is -0.114. The number of carbonyl (C=O) groups excluding carboxylic acids is 1. The van der Waals surface area contributed by atoms with Crippen molar-refractivity contribution in [2.45, 2.75) is 0 Å². The molecule has 1 aromatic carbocycles. The van der Waals surface area contributed by atoms with Gasteiger partial charge in [0.15, 0.2) is 11.5 Å². The number of nitriles is 1. The third kappa shape index (κ3) is 3.87. The van der Waals surface area contributed by atoms with E-state index in [4.69, 9.17) is 20.5 Å². The number of nitrogens with two attached hydrogens (primary N) is 1. The Labute approximate surface area is 125 Å². The highest BCUT2D eigenvalue weighted by molar-refractivity contribution is 9.10. The number of nitrogens with zero attached hydrogens (tertiary/aromatic N) is 1. The molecule has 104 valence electrons. The molecule has 6 heteroatoms. The number of rotatable bonds is 6. The maximum Gasteiger partial charge on any atom is 0.259 e. The molecule has 0 aliphatic carbocycles. The van der Waals surface area contributed by atoms with Gasteiger partial charge in [0.1, 0.15) is 18.2 Å². The molecule has 0 saturated heterocycles. The molecule has 0 spiro atoms. The minimum atomic E-state index is -0.783. The van der Waals surface area contributed by atoms with Crippen molar-refractivity contribution in [2.24, 2.45) is 5.73 Å². The van der Waals surface area contributed by atoms with E-state index in [0.29, 0.717) is 28.1 Å². The van der Waals surface area contributed by atoms with E-state index in [9.17, 15) is 4.79 Å². The lowest BCUT2D eigenvalue weighted by atomic mass is 10.1. The summed E-state index contributed by atoms with van der Waals surface area (Å²) in [6, 6.07) is 5.08. The second-order valence-electron chi connectivity index (χ2n) is 3.67. The number of halogens is 1. The zero-order valence-corrected chi connectivity index (χ0v) is 12.4. The van der Waals surface area contributed by atoms with E-state index < -0.39 is 5.91 Å². The van der Waals surface area contributed by atoms with E-state index in [2.05, 4.69) is 22.5 Å². The Morgan fingerprint density at radius 1 is 1.60 bits per heavy atom. The number of primary amides is 1. The lowest BCUT2D eigenvalue weighted by Crippen LogP contribution is -2.12. The Morgan fingerprint density at radius 2 is 2.30 bits per heavy atom. The van der Waals surface area contributed by atoms with Gasteiger partial charge in [0, 0.05) is 0 Å². The molecular weight excluding hydrogens is 324 g/mol. The summed E-state index contributed by atoms with van der Waals surface area (Å²) in [7, 11) is 1.50. The summed E-state index contributed by atoms with van der Waals surface area (Å²) in [6.45, 7) is 3.90. The van der Waals surface area contributed by atoms with Gasteiger partial charge in [0.25, 0.3) is 5.91 Å². The van der Waals surface area contributed by atoms with Crippen molar-refractivity contribution in [3.8, 4) is 17.6 Å². The summed E-state index contributed by atoms with van der Waals surface area (Å²) < 4.78 is 11.3. The van der Waals surface area contributed by atoms with E-state index in [1.54, 1.807) is 24.3 Å². The van der Waals surface area contributed by atoms with Crippen LogP contribution in [0.5, 0.6) is 11.5 Å². The Bertz CT molecular complexity index is 603. The molecule has 0 fully saturated rings. The summed E-state index contributed by atoms with van der Waals surface area (Å²) in [5.74, 6) is 0.200. The monoisotopic (exact) mass is 336 g/mol. The highest BCUT2D eigenvalue weighted by Gasteiger charge is 2.12. The number of hydrogen-bond donors (Lipinski definition) is 1. The number of methoxy groups -OCH3 is 1. The van der Waals surface area contributed by atoms with Crippen LogP contribution in [0.2, 0.25) is 0 Å². The van der Waals surface area contributed by atoms with Gasteiger partial charge in [-0.1, -0.05) is 12.7 Å². The summed E-state index contributed by atoms with van der Waals surface area (Å²) in [4.78, 5) is 11.0. The number of amides is 1. The molecule has 2 N–H and O–H groups in total. The van der Waals surface area contributed by atoms with Crippen LogP contribution < -0.4 is 15.2 Å². The fourth-order valence-corrected chi connectivity index (χ4v) is 2.00. The molecule has 0 aliphatic heterocycles. The van der Waals surface area contributed by atoms with Crippen molar-refractivity contribution in [2.75, 3.05) is 13.7 Å². The first-order valence-corrected chi connectivity index (χ1v) is 6.35. The number of hydrogen-bond acceptors (Lipinski definition) is 4. The summed E-state index contributed by atoms with van der Waals surface area (Å²) in [6.07, 6.45) is 2.99. The van der Waals surface area contributed by atoms with Gasteiger partial charge < -0.3 is 15.2 Å². The van der Waals surface area contributed by atoms with Gasteiger partial charge >= 0.3 is 0 Å². The normalized spacial score (nSPS) is 10.6. The maximum atomic E-state index is 11.0. The van der Waals surface area contributed by atoms with Crippen LogP contribution in [0.3, 0.4) is 0 Å². The van der Waals surface area contributed by atoms with Crippen molar-refractivity contribution in [1.82, 2.24) is 0 Å². The molecule has 0 unspecified atom stereocenters. The predicted octanol–water partition coefficient (Wildman–Crippen LogP) is 2.41. The van der Waals surface area contributed by atoms with Crippen molar-refractivity contribution < 1.29 is 14.3 Å². The minimum Gasteiger partial charge on any atom is -0.493 e. The minimum absolute atomic E-state index is 0.140. The quantitative estimate of drug-likeness (QED) is 0.491. The average Bonchev–Trinajstić information content (AvgIpc) is 2.42. The zero-order chi connectivity index (χ0) is 15.1. The van der Waals surface area contributed by atoms with Gasteiger partial charge in [0.2, 0.25) is 0 Å². The lowest BCUT2D eigenvalue weighted by Gasteiger charge is -2.12. The van der Waals surface area contributed by atoms with E-state index in [1.807, 2.05) is 0 Å².